The molecule has 208 valence electrons. The number of hydrogen-bond donors (Lipinski definition) is 0. The van der Waals surface area contributed by atoms with Crippen LogP contribution in [0, 0.1) is 5.82 Å². The lowest BCUT2D eigenvalue weighted by molar-refractivity contribution is -0.219. The molecule has 5 rings (SSSR count). The largest absolute Gasteiger partial charge is 0.374 e. The molecular weight excluding hydrogens is 513 g/mol. The van der Waals surface area contributed by atoms with Gasteiger partial charge in [0, 0.05) is 18.4 Å². The van der Waals surface area contributed by atoms with Gasteiger partial charge in [-0.25, -0.2) is 4.39 Å². The van der Waals surface area contributed by atoms with Crippen molar-refractivity contribution in [3.63, 3.8) is 0 Å². The van der Waals surface area contributed by atoms with Gasteiger partial charge in [0.05, 0.1) is 32.0 Å². The molecule has 3 atom stereocenters. The van der Waals surface area contributed by atoms with Crippen molar-refractivity contribution in [2.45, 2.75) is 56.7 Å². The van der Waals surface area contributed by atoms with E-state index in [2.05, 4.69) is 0 Å². The SMILES string of the molecule is Fc1ccc(Cc2ccccc2C(F)(F)C2CC(OCc3ccccc3)CC(COCc3ccccc3)O2)cc1. The smallest absolute Gasteiger partial charge is 0.299 e. The van der Waals surface area contributed by atoms with Gasteiger partial charge >= 0.3 is 0 Å². The van der Waals surface area contributed by atoms with Crippen LogP contribution in [0.5, 0.6) is 0 Å². The van der Waals surface area contributed by atoms with Crippen LogP contribution in [0.2, 0.25) is 0 Å². The summed E-state index contributed by atoms with van der Waals surface area (Å²) < 4.78 is 64.1. The zero-order valence-corrected chi connectivity index (χ0v) is 22.2. The summed E-state index contributed by atoms with van der Waals surface area (Å²) in [7, 11) is 0. The Labute approximate surface area is 233 Å². The first kappa shape index (κ1) is 28.1. The van der Waals surface area contributed by atoms with Gasteiger partial charge in [-0.2, -0.15) is 8.78 Å². The third kappa shape index (κ3) is 7.39. The van der Waals surface area contributed by atoms with E-state index in [1.807, 2.05) is 60.7 Å². The molecule has 4 aromatic rings. The summed E-state index contributed by atoms with van der Waals surface area (Å²) in [6.07, 6.45) is -1.57. The summed E-state index contributed by atoms with van der Waals surface area (Å²) in [4.78, 5) is 0. The number of alkyl halides is 2. The van der Waals surface area contributed by atoms with Crippen LogP contribution in [0.4, 0.5) is 13.2 Å². The number of benzene rings is 4. The molecule has 40 heavy (non-hydrogen) atoms. The molecule has 0 saturated carbocycles. The molecule has 0 spiro atoms. The van der Waals surface area contributed by atoms with Crippen LogP contribution >= 0.6 is 0 Å². The lowest BCUT2D eigenvalue weighted by Crippen LogP contribution is -2.46. The van der Waals surface area contributed by atoms with E-state index < -0.39 is 24.2 Å². The zero-order chi connectivity index (χ0) is 27.8. The van der Waals surface area contributed by atoms with Gasteiger partial charge in [0.15, 0.2) is 0 Å². The molecular formula is C34H33F3O3. The van der Waals surface area contributed by atoms with Gasteiger partial charge in [0.25, 0.3) is 5.92 Å². The van der Waals surface area contributed by atoms with Crippen LogP contribution in [0.15, 0.2) is 109 Å². The molecule has 3 unspecified atom stereocenters. The second-order valence-electron chi connectivity index (χ2n) is 10.2. The lowest BCUT2D eigenvalue weighted by atomic mass is 9.89. The summed E-state index contributed by atoms with van der Waals surface area (Å²) in [5.74, 6) is -3.64. The van der Waals surface area contributed by atoms with E-state index in [1.54, 1.807) is 30.3 Å². The van der Waals surface area contributed by atoms with Crippen molar-refractivity contribution in [2.75, 3.05) is 6.61 Å². The predicted molar refractivity (Wildman–Crippen MR) is 149 cm³/mol. The molecule has 6 heteroatoms. The molecule has 1 heterocycles. The minimum atomic E-state index is -3.27. The zero-order valence-electron chi connectivity index (χ0n) is 22.2. The minimum absolute atomic E-state index is 0.0555. The molecule has 1 saturated heterocycles. The fourth-order valence-electron chi connectivity index (χ4n) is 5.11. The van der Waals surface area contributed by atoms with Crippen molar-refractivity contribution in [1.82, 2.24) is 0 Å². The fraction of sp³-hybridized carbons (Fsp3) is 0.294. The van der Waals surface area contributed by atoms with Crippen molar-refractivity contribution >= 4 is 0 Å². The number of rotatable bonds is 11. The Kier molecular flexibility index (Phi) is 9.32. The van der Waals surface area contributed by atoms with Crippen molar-refractivity contribution in [3.05, 3.63) is 143 Å². The highest BCUT2D eigenvalue weighted by molar-refractivity contribution is 5.36. The molecule has 4 aromatic carbocycles. The van der Waals surface area contributed by atoms with Gasteiger partial charge in [-0.15, -0.1) is 0 Å². The van der Waals surface area contributed by atoms with Gasteiger partial charge in [-0.05, 0) is 40.8 Å². The molecule has 0 N–H and O–H groups in total. The Balaban J connectivity index is 1.33. The summed E-state index contributed by atoms with van der Waals surface area (Å²) in [5.41, 5.74) is 3.14. The van der Waals surface area contributed by atoms with Gasteiger partial charge in [0.1, 0.15) is 11.9 Å². The highest BCUT2D eigenvalue weighted by atomic mass is 19.3. The molecule has 0 aliphatic carbocycles. The maximum absolute atomic E-state index is 16.3. The Morgan fingerprint density at radius 3 is 2.02 bits per heavy atom. The molecule has 0 radical (unpaired) electrons. The highest BCUT2D eigenvalue weighted by Gasteiger charge is 2.48. The molecule has 3 nitrogen and oxygen atoms in total. The summed E-state index contributed by atoms with van der Waals surface area (Å²) in [6, 6.07) is 31.9. The number of hydrogen-bond acceptors (Lipinski definition) is 3. The maximum atomic E-state index is 16.3. The predicted octanol–water partition coefficient (Wildman–Crippen LogP) is 7.86. The van der Waals surface area contributed by atoms with Gasteiger partial charge < -0.3 is 14.2 Å². The Hall–Kier alpha value is -3.45. The number of ether oxygens (including phenoxy) is 3. The van der Waals surface area contributed by atoms with Crippen LogP contribution in [0.3, 0.4) is 0 Å². The lowest BCUT2D eigenvalue weighted by Gasteiger charge is -2.39. The summed E-state index contributed by atoms with van der Waals surface area (Å²) >= 11 is 0. The molecule has 1 aliphatic rings. The first-order chi connectivity index (χ1) is 19.5. The van der Waals surface area contributed by atoms with E-state index in [4.69, 9.17) is 14.2 Å². The molecule has 0 amide bonds. The van der Waals surface area contributed by atoms with E-state index in [9.17, 15) is 4.39 Å². The van der Waals surface area contributed by atoms with E-state index >= 15 is 8.78 Å². The second-order valence-corrected chi connectivity index (χ2v) is 10.2. The van der Waals surface area contributed by atoms with Crippen LogP contribution in [-0.4, -0.2) is 24.9 Å². The Morgan fingerprint density at radius 1 is 0.700 bits per heavy atom. The molecule has 1 fully saturated rings. The minimum Gasteiger partial charge on any atom is -0.374 e. The van der Waals surface area contributed by atoms with Crippen LogP contribution in [0.25, 0.3) is 0 Å². The quantitative estimate of drug-likeness (QED) is 0.192. The van der Waals surface area contributed by atoms with Gasteiger partial charge in [0.2, 0.25) is 0 Å². The normalized spacial score (nSPS) is 19.4. The maximum Gasteiger partial charge on any atom is 0.299 e. The van der Waals surface area contributed by atoms with Crippen LogP contribution in [-0.2, 0) is 39.8 Å². The standard InChI is InChI=1S/C34H33F3O3/c35-29-17-15-25(16-18-29)19-28-13-7-8-14-32(28)34(36,37)33-21-30(39-23-27-11-5-2-6-12-27)20-31(40-33)24-38-22-26-9-3-1-4-10-26/h1-18,30-31,33H,19-24H2. The van der Waals surface area contributed by atoms with Crippen molar-refractivity contribution in [1.29, 1.82) is 0 Å². The van der Waals surface area contributed by atoms with E-state index in [0.717, 1.165) is 16.7 Å². The summed E-state index contributed by atoms with van der Waals surface area (Å²) in [6.45, 7) is 0.893. The topological polar surface area (TPSA) is 27.7 Å². The number of halogens is 3. The third-order valence-corrected chi connectivity index (χ3v) is 7.19. The first-order valence-electron chi connectivity index (χ1n) is 13.6. The average Bonchev–Trinajstić information content (AvgIpc) is 2.98. The molecule has 0 aromatic heterocycles. The summed E-state index contributed by atoms with van der Waals surface area (Å²) in [5, 5.41) is 0. The van der Waals surface area contributed by atoms with E-state index in [0.29, 0.717) is 25.2 Å². The highest BCUT2D eigenvalue weighted by Crippen LogP contribution is 2.42. The monoisotopic (exact) mass is 546 g/mol. The Bertz CT molecular complexity index is 1330. The average molecular weight is 547 g/mol. The van der Waals surface area contributed by atoms with E-state index in [-0.39, 0.29) is 30.8 Å². The Morgan fingerprint density at radius 2 is 1.32 bits per heavy atom. The van der Waals surface area contributed by atoms with Gasteiger partial charge in [-0.3, -0.25) is 0 Å². The molecule has 0 bridgehead atoms. The third-order valence-electron chi connectivity index (χ3n) is 7.19. The van der Waals surface area contributed by atoms with E-state index in [1.165, 1.54) is 18.2 Å². The van der Waals surface area contributed by atoms with Crippen LogP contribution in [0.1, 0.15) is 40.7 Å². The first-order valence-corrected chi connectivity index (χ1v) is 13.6. The van der Waals surface area contributed by atoms with Crippen LogP contribution < -0.4 is 0 Å². The van der Waals surface area contributed by atoms with Crippen molar-refractivity contribution in [3.8, 4) is 0 Å². The van der Waals surface area contributed by atoms with Crippen molar-refractivity contribution in [2.24, 2.45) is 0 Å². The fourth-order valence-corrected chi connectivity index (χ4v) is 5.11. The second kappa shape index (κ2) is 13.3. The van der Waals surface area contributed by atoms with Crippen molar-refractivity contribution < 1.29 is 27.4 Å². The molecule has 1 aliphatic heterocycles. The van der Waals surface area contributed by atoms with Gasteiger partial charge in [-0.1, -0.05) is 97.1 Å².